The van der Waals surface area contributed by atoms with E-state index in [-0.39, 0.29) is 6.61 Å². The number of aliphatic carboxylic acids is 1. The average molecular weight is 240 g/mol. The van der Waals surface area contributed by atoms with Crippen LogP contribution < -0.4 is 0 Å². The Hall–Kier alpha value is -0.780. The molecule has 1 aliphatic rings. The Morgan fingerprint density at radius 1 is 1.38 bits per heavy atom. The number of rotatable bonds is 5. The molecular weight excluding hydrogens is 225 g/mol. The fourth-order valence-corrected chi connectivity index (χ4v) is 1.84. The minimum atomic E-state index is -4.73. The molecule has 0 aliphatic heterocycles. The number of halogens is 3. The van der Waals surface area contributed by atoms with Gasteiger partial charge in [0.25, 0.3) is 0 Å². The first-order valence-corrected chi connectivity index (χ1v) is 5.28. The number of carboxylic acid groups (broad SMARTS) is 1. The molecule has 0 aromatic carbocycles. The van der Waals surface area contributed by atoms with Crippen molar-refractivity contribution in [2.45, 2.75) is 31.9 Å². The van der Waals surface area contributed by atoms with Crippen LogP contribution in [0.2, 0.25) is 0 Å². The van der Waals surface area contributed by atoms with Crippen LogP contribution in [0.4, 0.5) is 13.2 Å². The van der Waals surface area contributed by atoms with Gasteiger partial charge in [-0.2, -0.15) is 13.2 Å². The lowest BCUT2D eigenvalue weighted by Gasteiger charge is -2.17. The maximum absolute atomic E-state index is 12.2. The van der Waals surface area contributed by atoms with Gasteiger partial charge in [0.15, 0.2) is 5.92 Å². The SMILES string of the molecule is O=C(O)C(COCC1CCCC1)C(F)(F)F. The molecule has 1 saturated carbocycles. The summed E-state index contributed by atoms with van der Waals surface area (Å²) in [7, 11) is 0. The van der Waals surface area contributed by atoms with Crippen molar-refractivity contribution in [1.82, 2.24) is 0 Å². The Morgan fingerprint density at radius 3 is 2.38 bits per heavy atom. The minimum Gasteiger partial charge on any atom is -0.481 e. The Morgan fingerprint density at radius 2 is 1.94 bits per heavy atom. The van der Waals surface area contributed by atoms with E-state index in [1.54, 1.807) is 0 Å². The molecule has 1 rings (SSSR count). The van der Waals surface area contributed by atoms with Crippen molar-refractivity contribution >= 4 is 5.97 Å². The van der Waals surface area contributed by atoms with Crippen LogP contribution in [0.25, 0.3) is 0 Å². The van der Waals surface area contributed by atoms with Gasteiger partial charge in [-0.25, -0.2) is 0 Å². The van der Waals surface area contributed by atoms with E-state index in [1.807, 2.05) is 0 Å². The average Bonchev–Trinajstić information content (AvgIpc) is 2.61. The van der Waals surface area contributed by atoms with E-state index in [0.717, 1.165) is 25.7 Å². The van der Waals surface area contributed by atoms with Crippen molar-refractivity contribution in [1.29, 1.82) is 0 Å². The van der Waals surface area contributed by atoms with Crippen LogP contribution in [-0.4, -0.2) is 30.5 Å². The molecule has 0 spiro atoms. The fourth-order valence-electron chi connectivity index (χ4n) is 1.84. The first-order valence-electron chi connectivity index (χ1n) is 5.28. The number of ether oxygens (including phenoxy) is 1. The van der Waals surface area contributed by atoms with Crippen molar-refractivity contribution in [3.05, 3.63) is 0 Å². The van der Waals surface area contributed by atoms with E-state index in [4.69, 9.17) is 9.84 Å². The topological polar surface area (TPSA) is 46.5 Å². The van der Waals surface area contributed by atoms with Crippen molar-refractivity contribution in [3.8, 4) is 0 Å². The fraction of sp³-hybridized carbons (Fsp3) is 0.900. The highest BCUT2D eigenvalue weighted by Crippen LogP contribution is 2.28. The maximum atomic E-state index is 12.2. The van der Waals surface area contributed by atoms with Crippen LogP contribution in [-0.2, 0) is 9.53 Å². The summed E-state index contributed by atoms with van der Waals surface area (Å²) >= 11 is 0. The van der Waals surface area contributed by atoms with Gasteiger partial charge in [-0.05, 0) is 18.8 Å². The molecule has 0 saturated heterocycles. The number of alkyl halides is 3. The zero-order valence-corrected chi connectivity index (χ0v) is 8.79. The Balaban J connectivity index is 2.30. The van der Waals surface area contributed by atoms with Gasteiger partial charge in [0, 0.05) is 6.61 Å². The smallest absolute Gasteiger partial charge is 0.404 e. The molecule has 6 heteroatoms. The molecule has 1 unspecified atom stereocenters. The third kappa shape index (κ3) is 4.00. The molecule has 16 heavy (non-hydrogen) atoms. The zero-order valence-electron chi connectivity index (χ0n) is 8.79. The highest BCUT2D eigenvalue weighted by atomic mass is 19.4. The molecule has 1 aliphatic carbocycles. The van der Waals surface area contributed by atoms with Gasteiger partial charge in [-0.1, -0.05) is 12.8 Å². The second kappa shape index (κ2) is 5.52. The van der Waals surface area contributed by atoms with Crippen LogP contribution in [0.3, 0.4) is 0 Å². The van der Waals surface area contributed by atoms with Crippen molar-refractivity contribution in [2.75, 3.05) is 13.2 Å². The lowest BCUT2D eigenvalue weighted by molar-refractivity contribution is -0.203. The first-order chi connectivity index (χ1) is 7.41. The maximum Gasteiger partial charge on any atom is 0.404 e. The molecule has 0 amide bonds. The zero-order chi connectivity index (χ0) is 12.2. The van der Waals surface area contributed by atoms with Crippen LogP contribution in [0, 0.1) is 11.8 Å². The molecule has 1 atom stereocenters. The van der Waals surface area contributed by atoms with Gasteiger partial charge < -0.3 is 9.84 Å². The van der Waals surface area contributed by atoms with Crippen molar-refractivity contribution < 1.29 is 27.8 Å². The molecule has 0 aromatic rings. The molecule has 0 bridgehead atoms. The normalized spacial score (nSPS) is 19.9. The summed E-state index contributed by atoms with van der Waals surface area (Å²) in [6.07, 6.45) is -0.652. The Bertz CT molecular complexity index is 234. The van der Waals surface area contributed by atoms with Crippen molar-refractivity contribution in [3.63, 3.8) is 0 Å². The van der Waals surface area contributed by atoms with E-state index in [2.05, 4.69) is 0 Å². The Labute approximate surface area is 91.6 Å². The van der Waals surface area contributed by atoms with Gasteiger partial charge in [0.1, 0.15) is 0 Å². The van der Waals surface area contributed by atoms with Gasteiger partial charge in [0.05, 0.1) is 6.61 Å². The van der Waals surface area contributed by atoms with Gasteiger partial charge in [-0.15, -0.1) is 0 Å². The second-order valence-electron chi connectivity index (χ2n) is 4.12. The first kappa shape index (κ1) is 13.3. The van der Waals surface area contributed by atoms with E-state index in [1.165, 1.54) is 0 Å². The van der Waals surface area contributed by atoms with Crippen LogP contribution >= 0.6 is 0 Å². The summed E-state index contributed by atoms with van der Waals surface area (Å²) < 4.78 is 41.5. The molecule has 0 radical (unpaired) electrons. The number of carboxylic acids is 1. The van der Waals surface area contributed by atoms with Crippen LogP contribution in [0.1, 0.15) is 25.7 Å². The second-order valence-corrected chi connectivity index (χ2v) is 4.12. The highest BCUT2D eigenvalue weighted by molar-refractivity contribution is 5.71. The summed E-state index contributed by atoms with van der Waals surface area (Å²) in [6, 6.07) is 0. The molecule has 0 heterocycles. The third-order valence-electron chi connectivity index (χ3n) is 2.81. The minimum absolute atomic E-state index is 0.236. The van der Waals surface area contributed by atoms with E-state index >= 15 is 0 Å². The lowest BCUT2D eigenvalue weighted by Crippen LogP contribution is -2.34. The summed E-state index contributed by atoms with van der Waals surface area (Å²) in [4.78, 5) is 10.4. The summed E-state index contributed by atoms with van der Waals surface area (Å²) in [5, 5.41) is 8.40. The van der Waals surface area contributed by atoms with E-state index in [0.29, 0.717) is 5.92 Å². The molecule has 0 aromatic heterocycles. The number of hydrogen-bond donors (Lipinski definition) is 1. The molecule has 1 N–H and O–H groups in total. The predicted molar refractivity (Wildman–Crippen MR) is 50.0 cm³/mol. The third-order valence-corrected chi connectivity index (χ3v) is 2.81. The molecular formula is C10H15F3O3. The van der Waals surface area contributed by atoms with Gasteiger partial charge >= 0.3 is 12.1 Å². The van der Waals surface area contributed by atoms with Crippen molar-refractivity contribution in [2.24, 2.45) is 11.8 Å². The summed E-state index contributed by atoms with van der Waals surface area (Å²) in [5.74, 6) is -3.99. The number of carbonyl (C=O) groups is 1. The molecule has 94 valence electrons. The highest BCUT2D eigenvalue weighted by Gasteiger charge is 2.45. The largest absolute Gasteiger partial charge is 0.481 e. The molecule has 1 fully saturated rings. The lowest BCUT2D eigenvalue weighted by atomic mass is 10.1. The molecule has 3 nitrogen and oxygen atoms in total. The summed E-state index contributed by atoms with van der Waals surface area (Å²) in [6.45, 7) is -0.546. The van der Waals surface area contributed by atoms with Crippen LogP contribution in [0.5, 0.6) is 0 Å². The summed E-state index contributed by atoms with van der Waals surface area (Å²) in [5.41, 5.74) is 0. The quantitative estimate of drug-likeness (QED) is 0.802. The Kier molecular flexibility index (Phi) is 4.58. The predicted octanol–water partition coefficient (Wildman–Crippen LogP) is 2.46. The monoisotopic (exact) mass is 240 g/mol. The van der Waals surface area contributed by atoms with E-state index in [9.17, 15) is 18.0 Å². The standard InChI is InChI=1S/C10H15F3O3/c11-10(12,13)8(9(14)15)6-16-5-7-3-1-2-4-7/h7-8H,1-6H2,(H,14,15). The number of hydrogen-bond acceptors (Lipinski definition) is 2. The van der Waals surface area contributed by atoms with Gasteiger partial charge in [-0.3, -0.25) is 4.79 Å². The van der Waals surface area contributed by atoms with E-state index < -0.39 is 24.7 Å². The van der Waals surface area contributed by atoms with Crippen LogP contribution in [0.15, 0.2) is 0 Å². The van der Waals surface area contributed by atoms with Gasteiger partial charge in [0.2, 0.25) is 0 Å².